The minimum Gasteiger partial charge on any atom is -0.314 e. The molecule has 0 saturated carbocycles. The number of aryl methyl sites for hydroxylation is 2. The fourth-order valence-corrected chi connectivity index (χ4v) is 2.72. The van der Waals surface area contributed by atoms with Crippen molar-refractivity contribution < 1.29 is 0 Å². The van der Waals surface area contributed by atoms with Crippen LogP contribution in [0.2, 0.25) is 0 Å². The van der Waals surface area contributed by atoms with Gasteiger partial charge < -0.3 is 5.32 Å². The van der Waals surface area contributed by atoms with Gasteiger partial charge >= 0.3 is 0 Å². The van der Waals surface area contributed by atoms with Crippen LogP contribution in [0.5, 0.6) is 0 Å². The molecule has 0 heterocycles. The minimum absolute atomic E-state index is 0.218. The number of hydrogen-bond acceptors (Lipinski definition) is 1. The molecule has 112 valence electrons. The number of likely N-dealkylation sites (N-methyl/N-ethyl adjacent to an activating group) is 1. The topological polar surface area (TPSA) is 12.0 Å². The van der Waals surface area contributed by atoms with Gasteiger partial charge in [0.25, 0.3) is 0 Å². The molecule has 0 fully saturated rings. The van der Waals surface area contributed by atoms with Crippen molar-refractivity contribution in [2.75, 3.05) is 6.54 Å². The number of benzene rings is 1. The van der Waals surface area contributed by atoms with Crippen molar-refractivity contribution in [3.8, 4) is 0 Å². The van der Waals surface area contributed by atoms with Gasteiger partial charge in [0.05, 0.1) is 0 Å². The Morgan fingerprint density at radius 2 is 1.75 bits per heavy atom. The summed E-state index contributed by atoms with van der Waals surface area (Å²) in [6.45, 7) is 18.4. The number of rotatable bonds is 6. The Labute approximate surface area is 125 Å². The zero-order valence-corrected chi connectivity index (χ0v) is 14.1. The van der Waals surface area contributed by atoms with Crippen molar-refractivity contribution in [3.63, 3.8) is 0 Å². The quantitative estimate of drug-likeness (QED) is 0.741. The van der Waals surface area contributed by atoms with Crippen LogP contribution in [0, 0.1) is 13.8 Å². The summed E-state index contributed by atoms with van der Waals surface area (Å²) in [6.07, 6.45) is 4.12. The van der Waals surface area contributed by atoms with E-state index in [4.69, 9.17) is 0 Å². The summed E-state index contributed by atoms with van der Waals surface area (Å²) in [5.41, 5.74) is 5.98. The molecule has 0 aromatic heterocycles. The first-order valence-electron chi connectivity index (χ1n) is 7.74. The van der Waals surface area contributed by atoms with Crippen molar-refractivity contribution in [1.82, 2.24) is 5.32 Å². The van der Waals surface area contributed by atoms with Crippen molar-refractivity contribution in [2.45, 2.75) is 65.8 Å². The van der Waals surface area contributed by atoms with Gasteiger partial charge in [0, 0.05) is 6.04 Å². The Morgan fingerprint density at radius 1 is 1.20 bits per heavy atom. The van der Waals surface area contributed by atoms with Crippen molar-refractivity contribution in [3.05, 3.63) is 47.0 Å². The van der Waals surface area contributed by atoms with E-state index in [9.17, 15) is 0 Å². The van der Waals surface area contributed by atoms with E-state index >= 15 is 0 Å². The van der Waals surface area contributed by atoms with E-state index in [2.05, 4.69) is 65.6 Å². The largest absolute Gasteiger partial charge is 0.314 e. The van der Waals surface area contributed by atoms with Crippen molar-refractivity contribution in [2.24, 2.45) is 0 Å². The molecule has 0 spiro atoms. The molecule has 1 aromatic carbocycles. The first kappa shape index (κ1) is 17.0. The van der Waals surface area contributed by atoms with E-state index < -0.39 is 0 Å². The van der Waals surface area contributed by atoms with Gasteiger partial charge in [0.15, 0.2) is 0 Å². The minimum atomic E-state index is 0.218. The fraction of sp³-hybridized carbons (Fsp3) is 0.579. The molecule has 1 N–H and O–H groups in total. The lowest BCUT2D eigenvalue weighted by atomic mass is 9.83. The molecule has 0 saturated heterocycles. The van der Waals surface area contributed by atoms with E-state index in [1.807, 2.05) is 6.08 Å². The van der Waals surface area contributed by atoms with Crippen molar-refractivity contribution in [1.29, 1.82) is 0 Å². The zero-order chi connectivity index (χ0) is 15.3. The first-order chi connectivity index (χ1) is 9.29. The summed E-state index contributed by atoms with van der Waals surface area (Å²) in [5, 5.41) is 3.56. The molecule has 0 amide bonds. The van der Waals surface area contributed by atoms with Gasteiger partial charge in [-0.3, -0.25) is 0 Å². The average Bonchev–Trinajstić information content (AvgIpc) is 2.32. The molecule has 1 rings (SSSR count). The van der Waals surface area contributed by atoms with E-state index in [1.54, 1.807) is 0 Å². The van der Waals surface area contributed by atoms with E-state index in [0.717, 1.165) is 19.4 Å². The number of hydrogen-bond donors (Lipinski definition) is 1. The molecule has 1 atom stereocenters. The SMILES string of the molecule is C=CCC(Cc1c(C)cc(C(C)(C)C)cc1C)NCC. The molecule has 0 bridgehead atoms. The molecule has 1 nitrogen and oxygen atoms in total. The average molecular weight is 273 g/mol. The second-order valence-corrected chi connectivity index (χ2v) is 6.82. The Balaban J connectivity index is 3.04. The zero-order valence-electron chi connectivity index (χ0n) is 14.1. The smallest absolute Gasteiger partial charge is 0.0142 e. The maximum atomic E-state index is 3.88. The van der Waals surface area contributed by atoms with Crippen LogP contribution in [0.25, 0.3) is 0 Å². The van der Waals surface area contributed by atoms with Crippen LogP contribution in [-0.2, 0) is 11.8 Å². The number of nitrogens with one attached hydrogen (secondary N) is 1. The highest BCUT2D eigenvalue weighted by atomic mass is 14.9. The predicted octanol–water partition coefficient (Wildman–Crippen LogP) is 4.70. The standard InChI is InChI=1S/C19H31N/c1-8-10-17(20-9-2)13-18-14(3)11-16(12-15(18)4)19(5,6)7/h8,11-12,17,20H,1,9-10,13H2,2-7H3. The monoisotopic (exact) mass is 273 g/mol. The van der Waals surface area contributed by atoms with Gasteiger partial charge in [0.1, 0.15) is 0 Å². The third-order valence-electron chi connectivity index (χ3n) is 3.96. The van der Waals surface area contributed by atoms with Crippen LogP contribution in [0.3, 0.4) is 0 Å². The fourth-order valence-electron chi connectivity index (χ4n) is 2.72. The normalized spacial score (nSPS) is 13.3. The molecular formula is C19H31N. The molecule has 0 aliphatic rings. The molecular weight excluding hydrogens is 242 g/mol. The summed E-state index contributed by atoms with van der Waals surface area (Å²) >= 11 is 0. The summed E-state index contributed by atoms with van der Waals surface area (Å²) < 4.78 is 0. The lowest BCUT2D eigenvalue weighted by Gasteiger charge is -2.24. The lowest BCUT2D eigenvalue weighted by Crippen LogP contribution is -2.31. The van der Waals surface area contributed by atoms with Crippen LogP contribution in [-0.4, -0.2) is 12.6 Å². The molecule has 1 heteroatoms. The summed E-state index contributed by atoms with van der Waals surface area (Å²) in [6, 6.07) is 5.22. The summed E-state index contributed by atoms with van der Waals surface area (Å²) in [5.74, 6) is 0. The van der Waals surface area contributed by atoms with E-state index in [-0.39, 0.29) is 5.41 Å². The van der Waals surface area contributed by atoms with Gasteiger partial charge in [-0.25, -0.2) is 0 Å². The third kappa shape index (κ3) is 4.49. The second kappa shape index (κ2) is 7.08. The molecule has 0 radical (unpaired) electrons. The molecule has 0 aliphatic heterocycles. The first-order valence-corrected chi connectivity index (χ1v) is 7.74. The Morgan fingerprint density at radius 3 is 2.15 bits per heavy atom. The highest BCUT2D eigenvalue weighted by Gasteiger charge is 2.17. The molecule has 20 heavy (non-hydrogen) atoms. The van der Waals surface area contributed by atoms with Gasteiger partial charge in [0.2, 0.25) is 0 Å². The molecule has 1 unspecified atom stereocenters. The Kier molecular flexibility index (Phi) is 6.01. The van der Waals surface area contributed by atoms with E-state index in [1.165, 1.54) is 22.3 Å². The summed E-state index contributed by atoms with van der Waals surface area (Å²) in [7, 11) is 0. The highest BCUT2D eigenvalue weighted by molar-refractivity contribution is 5.41. The maximum Gasteiger partial charge on any atom is 0.0142 e. The highest BCUT2D eigenvalue weighted by Crippen LogP contribution is 2.27. The predicted molar refractivity (Wildman–Crippen MR) is 90.6 cm³/mol. The van der Waals surface area contributed by atoms with Crippen LogP contribution in [0.1, 0.15) is 56.4 Å². The second-order valence-electron chi connectivity index (χ2n) is 6.82. The van der Waals surface area contributed by atoms with E-state index in [0.29, 0.717) is 6.04 Å². The van der Waals surface area contributed by atoms with Crippen LogP contribution < -0.4 is 5.32 Å². The van der Waals surface area contributed by atoms with Gasteiger partial charge in [-0.05, 0) is 60.9 Å². The van der Waals surface area contributed by atoms with Gasteiger partial charge in [-0.2, -0.15) is 0 Å². The summed E-state index contributed by atoms with van der Waals surface area (Å²) in [4.78, 5) is 0. The van der Waals surface area contributed by atoms with Crippen LogP contribution >= 0.6 is 0 Å². The third-order valence-corrected chi connectivity index (χ3v) is 3.96. The Bertz CT molecular complexity index is 428. The van der Waals surface area contributed by atoms with Crippen LogP contribution in [0.4, 0.5) is 0 Å². The maximum absolute atomic E-state index is 3.88. The lowest BCUT2D eigenvalue weighted by molar-refractivity contribution is 0.527. The Hall–Kier alpha value is -1.08. The van der Waals surface area contributed by atoms with Crippen LogP contribution in [0.15, 0.2) is 24.8 Å². The molecule has 1 aromatic rings. The molecule has 0 aliphatic carbocycles. The van der Waals surface area contributed by atoms with Gasteiger partial charge in [-0.15, -0.1) is 6.58 Å². The van der Waals surface area contributed by atoms with Gasteiger partial charge in [-0.1, -0.05) is 45.9 Å². The van der Waals surface area contributed by atoms with Crippen molar-refractivity contribution >= 4 is 0 Å².